The first-order valence-corrected chi connectivity index (χ1v) is 10.7. The molecule has 1 aliphatic heterocycles. The summed E-state index contributed by atoms with van der Waals surface area (Å²) >= 11 is 0. The third-order valence-corrected chi connectivity index (χ3v) is 4.90. The van der Waals surface area contributed by atoms with Crippen molar-refractivity contribution in [3.05, 3.63) is 29.8 Å². The minimum Gasteiger partial charge on any atom is -0.379 e. The van der Waals surface area contributed by atoms with E-state index in [0.717, 1.165) is 68.9 Å². The second kappa shape index (κ2) is 15.4. The molecule has 8 heteroatoms. The highest BCUT2D eigenvalue weighted by molar-refractivity contribution is 14.0. The van der Waals surface area contributed by atoms with Crippen LogP contribution >= 0.6 is 24.0 Å². The third-order valence-electron chi connectivity index (χ3n) is 4.90. The van der Waals surface area contributed by atoms with Crippen molar-refractivity contribution in [1.29, 1.82) is 0 Å². The van der Waals surface area contributed by atoms with Crippen molar-refractivity contribution in [2.75, 3.05) is 51.8 Å². The van der Waals surface area contributed by atoms with Gasteiger partial charge in [-0.15, -0.1) is 24.0 Å². The molecule has 1 aromatic carbocycles. The van der Waals surface area contributed by atoms with Crippen molar-refractivity contribution in [1.82, 2.24) is 15.5 Å². The molecule has 0 radical (unpaired) electrons. The summed E-state index contributed by atoms with van der Waals surface area (Å²) in [5, 5.41) is 9.68. The summed E-state index contributed by atoms with van der Waals surface area (Å²) in [6, 6.07) is 7.94. The van der Waals surface area contributed by atoms with Crippen molar-refractivity contribution in [2.45, 2.75) is 39.7 Å². The van der Waals surface area contributed by atoms with Crippen LogP contribution in [0.25, 0.3) is 0 Å². The summed E-state index contributed by atoms with van der Waals surface area (Å²) in [6.07, 6.45) is 2.83. The smallest absolute Gasteiger partial charge is 0.225 e. The molecule has 30 heavy (non-hydrogen) atoms. The Morgan fingerprint density at radius 1 is 1.23 bits per heavy atom. The van der Waals surface area contributed by atoms with Crippen LogP contribution in [0.5, 0.6) is 0 Å². The highest BCUT2D eigenvalue weighted by atomic mass is 127. The highest BCUT2D eigenvalue weighted by Gasteiger charge is 2.12. The standard InChI is InChI=1S/C22H37N5O2.HI/c1-18(2)6-5-10-24-22(23-3)25-17-19-7-4-8-20(16-19)26-21(28)9-11-27-12-14-29-15-13-27;/h4,7-8,16,18H,5-6,9-15,17H2,1-3H3,(H,26,28)(H2,23,24,25);1H. The molecule has 1 heterocycles. The Morgan fingerprint density at radius 3 is 2.70 bits per heavy atom. The zero-order valence-corrected chi connectivity index (χ0v) is 20.9. The first-order valence-electron chi connectivity index (χ1n) is 10.7. The fourth-order valence-electron chi connectivity index (χ4n) is 3.19. The molecule has 170 valence electrons. The molecule has 0 aliphatic carbocycles. The monoisotopic (exact) mass is 531 g/mol. The van der Waals surface area contributed by atoms with Gasteiger partial charge in [-0.2, -0.15) is 0 Å². The van der Waals surface area contributed by atoms with Gasteiger partial charge in [0.05, 0.1) is 13.2 Å². The number of benzene rings is 1. The van der Waals surface area contributed by atoms with Crippen LogP contribution in [0, 0.1) is 5.92 Å². The third kappa shape index (κ3) is 11.1. The lowest BCUT2D eigenvalue weighted by Crippen LogP contribution is -2.38. The van der Waals surface area contributed by atoms with Gasteiger partial charge in [-0.25, -0.2) is 0 Å². The molecule has 0 atom stereocenters. The number of morpholine rings is 1. The molecular formula is C22H38IN5O2. The Hall–Kier alpha value is -1.39. The SMILES string of the molecule is CN=C(NCCCC(C)C)NCc1cccc(NC(=O)CCN2CCOCC2)c1.I. The van der Waals surface area contributed by atoms with Crippen molar-refractivity contribution in [2.24, 2.45) is 10.9 Å². The van der Waals surface area contributed by atoms with Gasteiger partial charge >= 0.3 is 0 Å². The number of aliphatic imine (C=N–C) groups is 1. The molecule has 0 unspecified atom stereocenters. The van der Waals surface area contributed by atoms with Crippen LogP contribution in [0.2, 0.25) is 0 Å². The second-order valence-corrected chi connectivity index (χ2v) is 7.84. The van der Waals surface area contributed by atoms with Crippen LogP contribution in [0.1, 0.15) is 38.7 Å². The van der Waals surface area contributed by atoms with Crippen LogP contribution < -0.4 is 16.0 Å². The van der Waals surface area contributed by atoms with E-state index in [1.54, 1.807) is 7.05 Å². The summed E-state index contributed by atoms with van der Waals surface area (Å²) in [7, 11) is 1.78. The quantitative estimate of drug-likeness (QED) is 0.187. The summed E-state index contributed by atoms with van der Waals surface area (Å²) in [4.78, 5) is 18.8. The van der Waals surface area contributed by atoms with Gasteiger partial charge in [-0.3, -0.25) is 14.7 Å². The van der Waals surface area contributed by atoms with Gasteiger partial charge < -0.3 is 20.7 Å². The zero-order chi connectivity index (χ0) is 20.9. The Kier molecular flexibility index (Phi) is 13.7. The Balaban J connectivity index is 0.00000450. The first-order chi connectivity index (χ1) is 14.1. The molecule has 3 N–H and O–H groups in total. The number of amides is 1. The molecule has 2 rings (SSSR count). The molecule has 1 aliphatic rings. The molecule has 0 aromatic heterocycles. The Bertz CT molecular complexity index is 648. The second-order valence-electron chi connectivity index (χ2n) is 7.84. The van der Waals surface area contributed by atoms with Crippen LogP contribution in [-0.4, -0.2) is 63.2 Å². The minimum atomic E-state index is 0. The van der Waals surface area contributed by atoms with Gasteiger partial charge in [-0.05, 0) is 36.5 Å². The number of nitrogens with one attached hydrogen (secondary N) is 3. The number of halogens is 1. The summed E-state index contributed by atoms with van der Waals surface area (Å²) in [5.41, 5.74) is 1.93. The highest BCUT2D eigenvalue weighted by Crippen LogP contribution is 2.11. The van der Waals surface area contributed by atoms with E-state index < -0.39 is 0 Å². The topological polar surface area (TPSA) is 78.0 Å². The molecule has 1 fully saturated rings. The average molecular weight is 531 g/mol. The molecule has 1 aromatic rings. The molecule has 7 nitrogen and oxygen atoms in total. The predicted octanol–water partition coefficient (Wildman–Crippen LogP) is 3.07. The van der Waals surface area contributed by atoms with E-state index in [1.807, 2.05) is 24.3 Å². The summed E-state index contributed by atoms with van der Waals surface area (Å²) in [6.45, 7) is 10.1. The summed E-state index contributed by atoms with van der Waals surface area (Å²) < 4.78 is 5.34. The van der Waals surface area contributed by atoms with Gasteiger partial charge in [0, 0.05) is 51.9 Å². The molecule has 0 spiro atoms. The Morgan fingerprint density at radius 2 is 2.00 bits per heavy atom. The van der Waals surface area contributed by atoms with Gasteiger partial charge in [0.25, 0.3) is 0 Å². The number of carbonyl (C=O) groups excluding carboxylic acids is 1. The van der Waals surface area contributed by atoms with Crippen LogP contribution in [0.3, 0.4) is 0 Å². The number of ether oxygens (including phenoxy) is 1. The fraction of sp³-hybridized carbons (Fsp3) is 0.636. The molecule has 0 saturated carbocycles. The number of guanidine groups is 1. The van der Waals surface area contributed by atoms with Crippen molar-refractivity contribution < 1.29 is 9.53 Å². The number of anilines is 1. The number of nitrogens with zero attached hydrogens (tertiary/aromatic N) is 2. The van der Waals surface area contributed by atoms with Crippen LogP contribution in [0.15, 0.2) is 29.3 Å². The number of hydrogen-bond donors (Lipinski definition) is 3. The van der Waals surface area contributed by atoms with E-state index in [1.165, 1.54) is 6.42 Å². The number of carbonyl (C=O) groups is 1. The lowest BCUT2D eigenvalue weighted by Gasteiger charge is -2.26. The van der Waals surface area contributed by atoms with E-state index >= 15 is 0 Å². The average Bonchev–Trinajstić information content (AvgIpc) is 2.72. The number of rotatable bonds is 10. The van der Waals surface area contributed by atoms with Gasteiger partial charge in [-0.1, -0.05) is 26.0 Å². The predicted molar refractivity (Wildman–Crippen MR) is 135 cm³/mol. The van der Waals surface area contributed by atoms with E-state index in [-0.39, 0.29) is 29.9 Å². The lowest BCUT2D eigenvalue weighted by atomic mass is 10.1. The van der Waals surface area contributed by atoms with Gasteiger partial charge in [0.2, 0.25) is 5.91 Å². The van der Waals surface area contributed by atoms with Crippen LogP contribution in [-0.2, 0) is 16.1 Å². The van der Waals surface area contributed by atoms with Crippen molar-refractivity contribution in [3.63, 3.8) is 0 Å². The normalized spacial score (nSPS) is 14.9. The molecule has 1 saturated heterocycles. The fourth-order valence-corrected chi connectivity index (χ4v) is 3.19. The van der Waals surface area contributed by atoms with Gasteiger partial charge in [0.15, 0.2) is 5.96 Å². The van der Waals surface area contributed by atoms with E-state index in [9.17, 15) is 4.79 Å². The number of hydrogen-bond acceptors (Lipinski definition) is 4. The van der Waals surface area contributed by atoms with Crippen molar-refractivity contribution >= 4 is 41.5 Å². The van der Waals surface area contributed by atoms with E-state index in [0.29, 0.717) is 13.0 Å². The maximum Gasteiger partial charge on any atom is 0.225 e. The maximum absolute atomic E-state index is 12.3. The van der Waals surface area contributed by atoms with E-state index in [4.69, 9.17) is 4.74 Å². The first kappa shape index (κ1) is 26.6. The Labute approximate surface area is 198 Å². The minimum absolute atomic E-state index is 0. The van der Waals surface area contributed by atoms with Crippen LogP contribution in [0.4, 0.5) is 5.69 Å². The van der Waals surface area contributed by atoms with Crippen molar-refractivity contribution in [3.8, 4) is 0 Å². The largest absolute Gasteiger partial charge is 0.379 e. The molecule has 1 amide bonds. The maximum atomic E-state index is 12.3. The lowest BCUT2D eigenvalue weighted by molar-refractivity contribution is -0.116. The molecule has 0 bridgehead atoms. The zero-order valence-electron chi connectivity index (χ0n) is 18.6. The molecular weight excluding hydrogens is 493 g/mol. The summed E-state index contributed by atoms with van der Waals surface area (Å²) in [5.74, 6) is 1.57. The van der Waals surface area contributed by atoms with E-state index in [2.05, 4.69) is 39.7 Å². The van der Waals surface area contributed by atoms with Gasteiger partial charge in [0.1, 0.15) is 0 Å².